The van der Waals surface area contributed by atoms with E-state index in [1.54, 1.807) is 6.21 Å². The van der Waals surface area contributed by atoms with Crippen molar-refractivity contribution in [3.05, 3.63) is 29.8 Å². The number of hydrogen-bond donors (Lipinski definition) is 3. The summed E-state index contributed by atoms with van der Waals surface area (Å²) in [6, 6.07) is 8.25. The highest BCUT2D eigenvalue weighted by Crippen LogP contribution is 2.31. The summed E-state index contributed by atoms with van der Waals surface area (Å²) >= 11 is 0. The van der Waals surface area contributed by atoms with Crippen LogP contribution in [0.25, 0.3) is 0 Å². The number of hydrazone groups is 1. The molecule has 6 heteroatoms. The van der Waals surface area contributed by atoms with Gasteiger partial charge in [-0.15, -0.1) is 0 Å². The molecule has 22 heavy (non-hydrogen) atoms. The number of carbonyl (C=O) groups excluding carboxylic acids is 1. The number of nitrogens with one attached hydrogen (secondary N) is 3. The molecule has 0 aromatic heterocycles. The van der Waals surface area contributed by atoms with Crippen molar-refractivity contribution in [1.82, 2.24) is 16.3 Å². The predicted molar refractivity (Wildman–Crippen MR) is 87.7 cm³/mol. The van der Waals surface area contributed by atoms with E-state index < -0.39 is 0 Å². The molecule has 1 aliphatic carbocycles. The molecule has 0 spiro atoms. The van der Waals surface area contributed by atoms with Crippen LogP contribution in [0.1, 0.15) is 24.8 Å². The van der Waals surface area contributed by atoms with Crippen molar-refractivity contribution in [2.24, 2.45) is 11.0 Å². The summed E-state index contributed by atoms with van der Waals surface area (Å²) in [6.07, 6.45) is 5.10. The zero-order valence-corrected chi connectivity index (χ0v) is 13.0. The Morgan fingerprint density at radius 1 is 1.27 bits per heavy atom. The van der Waals surface area contributed by atoms with E-state index in [0.29, 0.717) is 12.0 Å². The van der Waals surface area contributed by atoms with E-state index in [1.165, 1.54) is 6.42 Å². The van der Waals surface area contributed by atoms with Crippen molar-refractivity contribution in [2.75, 3.05) is 19.0 Å². The van der Waals surface area contributed by atoms with Crippen LogP contribution in [0.3, 0.4) is 0 Å². The molecule has 2 fully saturated rings. The number of carbonyl (C=O) groups is 1. The van der Waals surface area contributed by atoms with Crippen molar-refractivity contribution in [3.63, 3.8) is 0 Å². The van der Waals surface area contributed by atoms with E-state index >= 15 is 0 Å². The Kier molecular flexibility index (Phi) is 4.40. The van der Waals surface area contributed by atoms with Crippen LogP contribution in [0, 0.1) is 5.92 Å². The van der Waals surface area contributed by atoms with Crippen molar-refractivity contribution < 1.29 is 4.79 Å². The zero-order valence-electron chi connectivity index (χ0n) is 13.0. The molecule has 0 bridgehead atoms. The van der Waals surface area contributed by atoms with Crippen molar-refractivity contribution in [3.8, 4) is 0 Å². The predicted octanol–water partition coefficient (Wildman–Crippen LogP) is 0.848. The topological polar surface area (TPSA) is 68.8 Å². The Labute approximate surface area is 130 Å². The van der Waals surface area contributed by atoms with Gasteiger partial charge in [-0.3, -0.25) is 10.2 Å². The van der Waals surface area contributed by atoms with Gasteiger partial charge in [-0.25, -0.2) is 10.9 Å². The van der Waals surface area contributed by atoms with Gasteiger partial charge in [-0.2, -0.15) is 5.10 Å². The van der Waals surface area contributed by atoms with Gasteiger partial charge in [0, 0.05) is 31.7 Å². The Bertz CT molecular complexity index is 554. The third-order valence-corrected chi connectivity index (χ3v) is 4.50. The molecule has 1 saturated heterocycles. The smallest absolute Gasteiger partial charge is 0.258 e. The molecule has 3 unspecified atom stereocenters. The average Bonchev–Trinajstić information content (AvgIpc) is 3.10. The molecule has 1 amide bonds. The maximum Gasteiger partial charge on any atom is 0.258 e. The fourth-order valence-corrected chi connectivity index (χ4v) is 3.23. The highest BCUT2D eigenvalue weighted by atomic mass is 16.2. The summed E-state index contributed by atoms with van der Waals surface area (Å²) in [7, 11) is 4.00. The zero-order chi connectivity index (χ0) is 15.5. The second kappa shape index (κ2) is 6.46. The summed E-state index contributed by atoms with van der Waals surface area (Å²) in [5.74, 6) is 0.317. The SMILES string of the molecule is CN(C)c1ccc(/C=N\NC(=O)C2NNC3CCCC32)cc1. The number of fused-ring (bicyclic) bond motifs is 1. The van der Waals surface area contributed by atoms with Gasteiger partial charge in [0.1, 0.15) is 6.04 Å². The number of nitrogens with zero attached hydrogens (tertiary/aromatic N) is 2. The third kappa shape index (κ3) is 3.13. The highest BCUT2D eigenvalue weighted by molar-refractivity contribution is 5.85. The first kappa shape index (κ1) is 15.0. The highest BCUT2D eigenvalue weighted by Gasteiger charge is 2.42. The van der Waals surface area contributed by atoms with Gasteiger partial charge in [0.25, 0.3) is 5.91 Å². The van der Waals surface area contributed by atoms with Crippen LogP contribution in [-0.2, 0) is 4.79 Å². The second-order valence-corrected chi connectivity index (χ2v) is 6.19. The number of hydrogen-bond acceptors (Lipinski definition) is 5. The van der Waals surface area contributed by atoms with Gasteiger partial charge < -0.3 is 4.90 Å². The standard InChI is InChI=1S/C16H23N5O/c1-21(2)12-8-6-11(7-9-12)10-17-20-16(22)15-13-4-3-5-14(13)18-19-15/h6-10,13-15,18-19H,3-5H2,1-2H3,(H,20,22)/b17-10-. The van der Waals surface area contributed by atoms with E-state index in [-0.39, 0.29) is 11.9 Å². The molecule has 3 rings (SSSR count). The molecule has 1 aromatic rings. The number of benzene rings is 1. The van der Waals surface area contributed by atoms with Crippen LogP contribution in [0.4, 0.5) is 5.69 Å². The van der Waals surface area contributed by atoms with E-state index in [4.69, 9.17) is 0 Å². The first-order valence-electron chi connectivity index (χ1n) is 7.76. The Morgan fingerprint density at radius 3 is 2.77 bits per heavy atom. The van der Waals surface area contributed by atoms with Crippen LogP contribution >= 0.6 is 0 Å². The lowest BCUT2D eigenvalue weighted by Crippen LogP contribution is -2.44. The van der Waals surface area contributed by atoms with E-state index in [9.17, 15) is 4.79 Å². The molecule has 1 aromatic carbocycles. The van der Waals surface area contributed by atoms with Gasteiger partial charge >= 0.3 is 0 Å². The minimum absolute atomic E-state index is 0.0666. The quantitative estimate of drug-likeness (QED) is 0.570. The molecule has 118 valence electrons. The first-order chi connectivity index (χ1) is 10.6. The average molecular weight is 301 g/mol. The molecular weight excluding hydrogens is 278 g/mol. The maximum absolute atomic E-state index is 12.2. The second-order valence-electron chi connectivity index (χ2n) is 6.19. The normalized spacial score (nSPS) is 27.1. The lowest BCUT2D eigenvalue weighted by molar-refractivity contribution is -0.123. The maximum atomic E-state index is 12.2. The molecular formula is C16H23N5O. The molecule has 3 atom stereocenters. The third-order valence-electron chi connectivity index (χ3n) is 4.50. The van der Waals surface area contributed by atoms with Crippen molar-refractivity contribution in [1.29, 1.82) is 0 Å². The Balaban J connectivity index is 1.54. The Morgan fingerprint density at radius 2 is 2.05 bits per heavy atom. The summed E-state index contributed by atoms with van der Waals surface area (Å²) in [5, 5.41) is 4.07. The van der Waals surface area contributed by atoms with Gasteiger partial charge in [0.05, 0.1) is 6.21 Å². The summed E-state index contributed by atoms with van der Waals surface area (Å²) in [5.41, 5.74) is 11.0. The molecule has 1 aliphatic heterocycles. The number of rotatable bonds is 4. The molecule has 1 heterocycles. The summed E-state index contributed by atoms with van der Waals surface area (Å²) in [4.78, 5) is 14.2. The minimum atomic E-state index is -0.180. The number of hydrazine groups is 1. The molecule has 1 saturated carbocycles. The molecule has 3 N–H and O–H groups in total. The summed E-state index contributed by atoms with van der Waals surface area (Å²) < 4.78 is 0. The molecule has 6 nitrogen and oxygen atoms in total. The van der Waals surface area contributed by atoms with Crippen LogP contribution in [-0.4, -0.2) is 38.3 Å². The minimum Gasteiger partial charge on any atom is -0.378 e. The van der Waals surface area contributed by atoms with Gasteiger partial charge in [-0.05, 0) is 30.5 Å². The lowest BCUT2D eigenvalue weighted by atomic mass is 9.97. The fraction of sp³-hybridized carbons (Fsp3) is 0.500. The van der Waals surface area contributed by atoms with Crippen LogP contribution in [0.5, 0.6) is 0 Å². The number of amides is 1. The summed E-state index contributed by atoms with van der Waals surface area (Å²) in [6.45, 7) is 0. The van der Waals surface area contributed by atoms with Gasteiger partial charge in [-0.1, -0.05) is 18.6 Å². The van der Waals surface area contributed by atoms with Crippen LogP contribution in [0.2, 0.25) is 0 Å². The largest absolute Gasteiger partial charge is 0.378 e. The first-order valence-corrected chi connectivity index (χ1v) is 7.76. The van der Waals surface area contributed by atoms with E-state index in [0.717, 1.165) is 24.1 Å². The monoisotopic (exact) mass is 301 g/mol. The molecule has 2 aliphatic rings. The van der Waals surface area contributed by atoms with E-state index in [2.05, 4.69) is 21.4 Å². The van der Waals surface area contributed by atoms with Crippen LogP contribution in [0.15, 0.2) is 29.4 Å². The lowest BCUT2D eigenvalue weighted by Gasteiger charge is -2.14. The molecule has 0 radical (unpaired) electrons. The number of anilines is 1. The van der Waals surface area contributed by atoms with Crippen molar-refractivity contribution in [2.45, 2.75) is 31.3 Å². The van der Waals surface area contributed by atoms with Gasteiger partial charge in [0.2, 0.25) is 0 Å². The van der Waals surface area contributed by atoms with Crippen molar-refractivity contribution >= 4 is 17.8 Å². The fourth-order valence-electron chi connectivity index (χ4n) is 3.23. The van der Waals surface area contributed by atoms with Crippen LogP contribution < -0.4 is 21.2 Å². The van der Waals surface area contributed by atoms with E-state index in [1.807, 2.05) is 43.3 Å². The Hall–Kier alpha value is -1.92. The van der Waals surface area contributed by atoms with Gasteiger partial charge in [0.15, 0.2) is 0 Å².